The van der Waals surface area contributed by atoms with Crippen molar-refractivity contribution in [3.05, 3.63) is 63.1 Å². The van der Waals surface area contributed by atoms with E-state index in [0.29, 0.717) is 16.5 Å². The maximum atomic E-state index is 12.3. The molecule has 0 unspecified atom stereocenters. The summed E-state index contributed by atoms with van der Waals surface area (Å²) in [6.07, 6.45) is 0. The minimum absolute atomic E-state index is 0.204. The van der Waals surface area contributed by atoms with E-state index in [-0.39, 0.29) is 5.91 Å². The molecule has 0 atom stereocenters. The molecule has 2 nitrogen and oxygen atoms in total. The zero-order valence-electron chi connectivity index (χ0n) is 11.3. The van der Waals surface area contributed by atoms with Gasteiger partial charge in [-0.25, -0.2) is 0 Å². The predicted octanol–water partition coefficient (Wildman–Crippen LogP) is 5.48. The van der Waals surface area contributed by atoms with Gasteiger partial charge < -0.3 is 5.32 Å². The van der Waals surface area contributed by atoms with Gasteiger partial charge in [0.25, 0.3) is 5.91 Å². The molecule has 20 heavy (non-hydrogen) atoms. The summed E-state index contributed by atoms with van der Waals surface area (Å²) < 4.78 is 0.823. The molecule has 1 N–H and O–H groups in total. The van der Waals surface area contributed by atoms with Crippen LogP contribution in [-0.2, 0) is 0 Å². The Bertz CT molecular complexity index is 640. The Kier molecular flexibility index (Phi) is 4.84. The Morgan fingerprint density at radius 1 is 1.20 bits per heavy atom. The van der Waals surface area contributed by atoms with E-state index in [0.717, 1.165) is 15.7 Å². The lowest BCUT2D eigenvalue weighted by molar-refractivity contribution is 0.102. The lowest BCUT2D eigenvalue weighted by atomic mass is 10.0. The Labute approximate surface area is 132 Å². The number of carbonyl (C=O) groups excluding carboxylic acids is 1. The van der Waals surface area contributed by atoms with Crippen LogP contribution in [0.1, 0.15) is 35.7 Å². The van der Waals surface area contributed by atoms with E-state index in [4.69, 9.17) is 11.6 Å². The van der Waals surface area contributed by atoms with E-state index in [1.165, 1.54) is 0 Å². The van der Waals surface area contributed by atoms with Gasteiger partial charge in [0.2, 0.25) is 0 Å². The predicted molar refractivity (Wildman–Crippen MR) is 87.6 cm³/mol. The van der Waals surface area contributed by atoms with Gasteiger partial charge >= 0.3 is 0 Å². The third-order valence-corrected chi connectivity index (χ3v) is 3.83. The molecule has 0 aliphatic carbocycles. The topological polar surface area (TPSA) is 29.1 Å². The maximum Gasteiger partial charge on any atom is 0.257 e. The number of nitrogens with one attached hydrogen (secondary N) is 1. The summed E-state index contributed by atoms with van der Waals surface area (Å²) in [7, 11) is 0. The number of anilines is 1. The number of benzene rings is 2. The largest absolute Gasteiger partial charge is 0.322 e. The highest BCUT2D eigenvalue weighted by Crippen LogP contribution is 2.26. The summed E-state index contributed by atoms with van der Waals surface area (Å²) >= 11 is 9.43. The molecule has 104 valence electrons. The van der Waals surface area contributed by atoms with Gasteiger partial charge in [-0.15, -0.1) is 0 Å². The molecule has 0 bridgehead atoms. The highest BCUT2D eigenvalue weighted by atomic mass is 79.9. The normalized spacial score (nSPS) is 10.7. The number of hydrogen-bond acceptors (Lipinski definition) is 1. The van der Waals surface area contributed by atoms with Crippen LogP contribution < -0.4 is 5.32 Å². The number of hydrogen-bond donors (Lipinski definition) is 1. The van der Waals surface area contributed by atoms with E-state index < -0.39 is 0 Å². The maximum absolute atomic E-state index is 12.3. The molecule has 4 heteroatoms. The van der Waals surface area contributed by atoms with Crippen molar-refractivity contribution in [2.75, 3.05) is 5.32 Å². The van der Waals surface area contributed by atoms with Gasteiger partial charge in [-0.3, -0.25) is 4.79 Å². The van der Waals surface area contributed by atoms with Crippen LogP contribution in [0.5, 0.6) is 0 Å². The van der Waals surface area contributed by atoms with Crippen LogP contribution in [0, 0.1) is 0 Å². The minimum Gasteiger partial charge on any atom is -0.322 e. The van der Waals surface area contributed by atoms with Gasteiger partial charge in [0.1, 0.15) is 0 Å². The van der Waals surface area contributed by atoms with Crippen LogP contribution in [0.15, 0.2) is 46.9 Å². The fourth-order valence-electron chi connectivity index (χ4n) is 1.98. The highest BCUT2D eigenvalue weighted by Gasteiger charge is 2.13. The zero-order valence-corrected chi connectivity index (χ0v) is 13.6. The average molecular weight is 353 g/mol. The fraction of sp³-hybridized carbons (Fsp3) is 0.188. The molecule has 0 saturated heterocycles. The molecule has 1 amide bonds. The van der Waals surface area contributed by atoms with Crippen LogP contribution in [-0.4, -0.2) is 5.91 Å². The average Bonchev–Trinajstić information content (AvgIpc) is 2.41. The fourth-order valence-corrected chi connectivity index (χ4v) is 2.54. The second kappa shape index (κ2) is 6.42. The molecule has 2 aromatic rings. The van der Waals surface area contributed by atoms with E-state index in [1.807, 2.05) is 24.3 Å². The number of rotatable bonds is 3. The van der Waals surface area contributed by atoms with Crippen molar-refractivity contribution in [1.29, 1.82) is 0 Å². The summed E-state index contributed by atoms with van der Waals surface area (Å²) in [6.45, 7) is 4.19. The summed E-state index contributed by atoms with van der Waals surface area (Å²) in [4.78, 5) is 12.3. The summed E-state index contributed by atoms with van der Waals surface area (Å²) in [5.41, 5.74) is 2.38. The second-order valence-corrected chi connectivity index (χ2v) is 6.14. The van der Waals surface area contributed by atoms with Crippen LogP contribution in [0.4, 0.5) is 5.69 Å². The summed E-state index contributed by atoms with van der Waals surface area (Å²) in [5, 5.41) is 3.37. The van der Waals surface area contributed by atoms with Gasteiger partial charge in [0.05, 0.1) is 10.6 Å². The van der Waals surface area contributed by atoms with Gasteiger partial charge in [-0.1, -0.05) is 59.6 Å². The Morgan fingerprint density at radius 2 is 1.90 bits per heavy atom. The minimum atomic E-state index is -0.204. The first-order valence-electron chi connectivity index (χ1n) is 6.34. The van der Waals surface area contributed by atoms with Crippen molar-refractivity contribution >= 4 is 39.1 Å². The molecule has 0 heterocycles. The van der Waals surface area contributed by atoms with E-state index in [9.17, 15) is 4.79 Å². The Hall–Kier alpha value is -1.32. The van der Waals surface area contributed by atoms with Crippen molar-refractivity contribution in [3.63, 3.8) is 0 Å². The third kappa shape index (κ3) is 3.41. The summed E-state index contributed by atoms with van der Waals surface area (Å²) in [5.74, 6) is 0.133. The van der Waals surface area contributed by atoms with Gasteiger partial charge in [-0.05, 0) is 35.7 Å². The van der Waals surface area contributed by atoms with Gasteiger partial charge in [0, 0.05) is 10.2 Å². The molecular weight excluding hydrogens is 338 g/mol. The standard InChI is InChI=1S/C16H15BrClNO/c1-10(2)12-5-3-4-6-15(12)19-16(20)13-9-11(17)7-8-14(13)18/h3-10H,1-2H3,(H,19,20). The Balaban J connectivity index is 2.31. The number of carbonyl (C=O) groups is 1. The van der Waals surface area contributed by atoms with E-state index >= 15 is 0 Å². The van der Waals surface area contributed by atoms with Crippen LogP contribution >= 0.6 is 27.5 Å². The molecule has 0 aliphatic heterocycles. The molecule has 0 aromatic heterocycles. The molecular formula is C16H15BrClNO. The number of halogens is 2. The van der Waals surface area contributed by atoms with Gasteiger partial charge in [0.15, 0.2) is 0 Å². The quantitative estimate of drug-likeness (QED) is 0.779. The first-order valence-corrected chi connectivity index (χ1v) is 7.51. The molecule has 0 aliphatic rings. The molecule has 0 spiro atoms. The van der Waals surface area contributed by atoms with Crippen LogP contribution in [0.2, 0.25) is 5.02 Å². The zero-order chi connectivity index (χ0) is 14.7. The molecule has 0 fully saturated rings. The third-order valence-electron chi connectivity index (χ3n) is 3.00. The smallest absolute Gasteiger partial charge is 0.257 e. The van der Waals surface area contributed by atoms with E-state index in [1.54, 1.807) is 18.2 Å². The summed E-state index contributed by atoms with van der Waals surface area (Å²) in [6, 6.07) is 13.0. The lowest BCUT2D eigenvalue weighted by Crippen LogP contribution is -2.14. The molecule has 2 aromatic carbocycles. The first kappa shape index (κ1) is 15.1. The number of para-hydroxylation sites is 1. The monoisotopic (exact) mass is 351 g/mol. The molecule has 2 rings (SSSR count). The van der Waals surface area contributed by atoms with Gasteiger partial charge in [-0.2, -0.15) is 0 Å². The first-order chi connectivity index (χ1) is 9.49. The van der Waals surface area contributed by atoms with Crippen molar-refractivity contribution in [2.24, 2.45) is 0 Å². The SMILES string of the molecule is CC(C)c1ccccc1NC(=O)c1cc(Br)ccc1Cl. The molecule has 0 radical (unpaired) electrons. The highest BCUT2D eigenvalue weighted by molar-refractivity contribution is 9.10. The van der Waals surface area contributed by atoms with Crippen molar-refractivity contribution in [2.45, 2.75) is 19.8 Å². The lowest BCUT2D eigenvalue weighted by Gasteiger charge is -2.14. The number of amides is 1. The van der Waals surface area contributed by atoms with Crippen molar-refractivity contribution in [1.82, 2.24) is 0 Å². The molecule has 0 saturated carbocycles. The van der Waals surface area contributed by atoms with Crippen LogP contribution in [0.25, 0.3) is 0 Å². The van der Waals surface area contributed by atoms with Crippen molar-refractivity contribution < 1.29 is 4.79 Å². The Morgan fingerprint density at radius 3 is 2.60 bits per heavy atom. The second-order valence-electron chi connectivity index (χ2n) is 4.82. The van der Waals surface area contributed by atoms with Crippen LogP contribution in [0.3, 0.4) is 0 Å². The van der Waals surface area contributed by atoms with E-state index in [2.05, 4.69) is 35.1 Å². The van der Waals surface area contributed by atoms with Crippen molar-refractivity contribution in [3.8, 4) is 0 Å².